The average molecular weight is 583 g/mol. The molecule has 6 aliphatic rings. The normalized spacial score (nSPS) is 34.7. The molecule has 0 aromatic rings. The molecule has 2 aliphatic carbocycles. The van der Waals surface area contributed by atoms with Crippen molar-refractivity contribution in [1.82, 2.24) is 20.4 Å². The molecule has 0 aromatic carbocycles. The van der Waals surface area contributed by atoms with Crippen molar-refractivity contribution < 1.29 is 14.3 Å². The number of nitrogens with one attached hydrogen (secondary N) is 2. The van der Waals surface area contributed by atoms with Gasteiger partial charge in [0.2, 0.25) is 0 Å². The van der Waals surface area contributed by atoms with Crippen molar-refractivity contribution in [3.8, 4) is 0 Å². The average Bonchev–Trinajstić information content (AvgIpc) is 3.33. The van der Waals surface area contributed by atoms with Crippen LogP contribution in [0.4, 0.5) is 4.79 Å². The minimum atomic E-state index is -0.457. The Morgan fingerprint density at radius 2 is 1.83 bits per heavy atom. The van der Waals surface area contributed by atoms with E-state index in [0.717, 1.165) is 82.5 Å². The summed E-state index contributed by atoms with van der Waals surface area (Å²) in [5.41, 5.74) is -0.457. The van der Waals surface area contributed by atoms with Crippen LogP contribution in [0.5, 0.6) is 0 Å². The van der Waals surface area contributed by atoms with E-state index in [1.807, 2.05) is 25.7 Å². The van der Waals surface area contributed by atoms with Gasteiger partial charge in [0.25, 0.3) is 0 Å². The fourth-order valence-corrected chi connectivity index (χ4v) is 7.05. The summed E-state index contributed by atoms with van der Waals surface area (Å²) in [6, 6.07) is 1.05. The summed E-state index contributed by atoms with van der Waals surface area (Å²) in [6.45, 7) is 10.8. The molecule has 6 unspecified atom stereocenters. The number of piperazine rings is 1. The Labute approximate surface area is 250 Å². The highest BCUT2D eigenvalue weighted by atomic mass is 16.6. The maximum absolute atomic E-state index is 12.4. The number of carbonyl (C=O) groups is 1. The third kappa shape index (κ3) is 7.63. The molecule has 0 radical (unpaired) electrons. The van der Waals surface area contributed by atoms with Gasteiger partial charge in [-0.3, -0.25) is 14.9 Å². The van der Waals surface area contributed by atoms with Gasteiger partial charge in [0.05, 0.1) is 12.6 Å². The van der Waals surface area contributed by atoms with E-state index in [-0.39, 0.29) is 18.3 Å². The maximum Gasteiger partial charge on any atom is 0.410 e. The van der Waals surface area contributed by atoms with E-state index in [1.165, 1.54) is 19.3 Å². The molecule has 6 rings (SSSR count). The van der Waals surface area contributed by atoms with E-state index in [2.05, 4.69) is 26.7 Å². The van der Waals surface area contributed by atoms with Crippen LogP contribution in [0.1, 0.15) is 78.6 Å². The molecule has 0 spiro atoms. The lowest BCUT2D eigenvalue weighted by Gasteiger charge is -2.37. The van der Waals surface area contributed by atoms with Crippen molar-refractivity contribution in [3.05, 3.63) is 0 Å². The van der Waals surface area contributed by atoms with Crippen LogP contribution in [-0.4, -0.2) is 110 Å². The second-order valence-corrected chi connectivity index (χ2v) is 14.1. The zero-order valence-electron chi connectivity index (χ0n) is 25.7. The van der Waals surface area contributed by atoms with Gasteiger partial charge in [0.15, 0.2) is 11.9 Å². The topological polar surface area (TPSA) is 116 Å². The Bertz CT molecular complexity index is 1070. The van der Waals surface area contributed by atoms with Crippen LogP contribution >= 0.6 is 0 Å². The van der Waals surface area contributed by atoms with Gasteiger partial charge >= 0.3 is 6.09 Å². The Hall–Kier alpha value is -2.69. The van der Waals surface area contributed by atoms with Crippen molar-refractivity contribution in [1.29, 1.82) is 0 Å². The van der Waals surface area contributed by atoms with Crippen molar-refractivity contribution in [2.45, 2.75) is 108 Å². The summed E-state index contributed by atoms with van der Waals surface area (Å²) in [5.74, 6) is 3.54. The van der Waals surface area contributed by atoms with E-state index in [0.29, 0.717) is 37.0 Å². The van der Waals surface area contributed by atoms with Gasteiger partial charge in [-0.25, -0.2) is 14.8 Å². The Morgan fingerprint density at radius 1 is 1.02 bits per heavy atom. The van der Waals surface area contributed by atoms with Crippen LogP contribution in [0.3, 0.4) is 0 Å². The SMILES string of the molecule is CC(C)(C)OC(=O)N1CCN(CC2CC=NC(N=C3NC4CCC(C5CC(OCC6CCC6)=NC=N5)CC4N3)C2)CC1. The molecule has 232 valence electrons. The molecular formula is C31H50N8O3. The van der Waals surface area contributed by atoms with Gasteiger partial charge in [-0.1, -0.05) is 6.42 Å². The predicted octanol–water partition coefficient (Wildman–Crippen LogP) is 3.45. The fourth-order valence-electron chi connectivity index (χ4n) is 7.05. The molecular weight excluding hydrogens is 532 g/mol. The first-order valence-corrected chi connectivity index (χ1v) is 16.3. The van der Waals surface area contributed by atoms with Crippen LogP contribution in [0, 0.1) is 17.8 Å². The molecule has 0 bridgehead atoms. The second kappa shape index (κ2) is 12.9. The number of amides is 1. The smallest absolute Gasteiger partial charge is 0.410 e. The predicted molar refractivity (Wildman–Crippen MR) is 165 cm³/mol. The van der Waals surface area contributed by atoms with Crippen LogP contribution in [0.25, 0.3) is 0 Å². The van der Waals surface area contributed by atoms with Gasteiger partial charge in [-0.2, -0.15) is 0 Å². The lowest BCUT2D eigenvalue weighted by Crippen LogP contribution is -2.51. The summed E-state index contributed by atoms with van der Waals surface area (Å²) in [6.07, 6.45) is 13.6. The summed E-state index contributed by atoms with van der Waals surface area (Å²) in [7, 11) is 0. The molecule has 11 nitrogen and oxygen atoms in total. The molecule has 4 fully saturated rings. The monoisotopic (exact) mass is 582 g/mol. The van der Waals surface area contributed by atoms with Gasteiger partial charge < -0.3 is 25.0 Å². The van der Waals surface area contributed by atoms with Gasteiger partial charge in [0, 0.05) is 57.4 Å². The largest absolute Gasteiger partial charge is 0.480 e. The van der Waals surface area contributed by atoms with E-state index in [1.54, 1.807) is 6.34 Å². The lowest BCUT2D eigenvalue weighted by molar-refractivity contribution is 0.0132. The maximum atomic E-state index is 12.4. The van der Waals surface area contributed by atoms with Crippen LogP contribution < -0.4 is 10.6 Å². The molecule has 6 atom stereocenters. The summed E-state index contributed by atoms with van der Waals surface area (Å²) < 4.78 is 11.6. The first-order chi connectivity index (χ1) is 20.3. The molecule has 4 aliphatic heterocycles. The molecule has 2 N–H and O–H groups in total. The Kier molecular flexibility index (Phi) is 9.02. The number of hydrogen-bond donors (Lipinski definition) is 2. The number of rotatable bonds is 6. The van der Waals surface area contributed by atoms with E-state index in [4.69, 9.17) is 24.5 Å². The van der Waals surface area contributed by atoms with Gasteiger partial charge in [-0.05, 0) is 83.5 Å². The minimum absolute atomic E-state index is 0.0488. The molecule has 1 amide bonds. The van der Waals surface area contributed by atoms with E-state index >= 15 is 0 Å². The number of ether oxygens (including phenoxy) is 2. The highest BCUT2D eigenvalue weighted by molar-refractivity contribution is 5.86. The molecule has 0 aromatic heterocycles. The Morgan fingerprint density at radius 3 is 2.60 bits per heavy atom. The van der Waals surface area contributed by atoms with E-state index < -0.39 is 5.60 Å². The zero-order valence-corrected chi connectivity index (χ0v) is 25.7. The second-order valence-electron chi connectivity index (χ2n) is 14.1. The summed E-state index contributed by atoms with van der Waals surface area (Å²) in [4.78, 5) is 35.6. The summed E-state index contributed by atoms with van der Waals surface area (Å²) >= 11 is 0. The number of nitrogens with zero attached hydrogens (tertiary/aromatic N) is 6. The van der Waals surface area contributed by atoms with Crippen molar-refractivity contribution in [2.75, 3.05) is 39.3 Å². The first kappa shape index (κ1) is 29.4. The van der Waals surface area contributed by atoms with Crippen LogP contribution in [0.2, 0.25) is 0 Å². The first-order valence-electron chi connectivity index (χ1n) is 16.3. The molecule has 11 heteroatoms. The highest BCUT2D eigenvalue weighted by Crippen LogP contribution is 2.34. The standard InChI is InChI=1S/C31H50N8O3/c1-31(2,3)42-30(40)39-13-11-38(12-14-39)18-22-9-10-32-27(15-22)37-29-35-24-8-7-23(16-26(24)36-29)25-17-28(34-20-33-25)41-19-21-5-4-6-21/h10,20-27H,4-9,11-19H2,1-3H3,(H2,35,36,37). The van der Waals surface area contributed by atoms with Crippen LogP contribution in [-0.2, 0) is 9.47 Å². The van der Waals surface area contributed by atoms with Crippen molar-refractivity contribution in [2.24, 2.45) is 37.7 Å². The van der Waals surface area contributed by atoms with Crippen molar-refractivity contribution in [3.63, 3.8) is 0 Å². The highest BCUT2D eigenvalue weighted by Gasteiger charge is 2.40. The zero-order chi connectivity index (χ0) is 29.1. The van der Waals surface area contributed by atoms with Crippen molar-refractivity contribution >= 4 is 30.5 Å². The number of carbonyl (C=O) groups excluding carboxylic acids is 1. The number of hydrogen-bond acceptors (Lipinski definition) is 8. The minimum Gasteiger partial charge on any atom is -0.480 e. The fraction of sp³-hybridized carbons (Fsp3) is 0.839. The number of fused-ring (bicyclic) bond motifs is 1. The lowest BCUT2D eigenvalue weighted by atomic mass is 9.78. The third-order valence-electron chi connectivity index (χ3n) is 9.71. The summed E-state index contributed by atoms with van der Waals surface area (Å²) in [5, 5.41) is 7.36. The van der Waals surface area contributed by atoms with Gasteiger partial charge in [0.1, 0.15) is 18.1 Å². The Balaban J connectivity index is 0.939. The molecule has 2 saturated heterocycles. The molecule has 42 heavy (non-hydrogen) atoms. The molecule has 2 saturated carbocycles. The number of aliphatic imine (C=N–C) groups is 4. The van der Waals surface area contributed by atoms with E-state index in [9.17, 15) is 4.79 Å². The van der Waals surface area contributed by atoms with Gasteiger partial charge in [-0.15, -0.1) is 0 Å². The third-order valence-corrected chi connectivity index (χ3v) is 9.71. The quantitative estimate of drug-likeness (QED) is 0.496. The number of guanidine groups is 1. The van der Waals surface area contributed by atoms with Crippen LogP contribution in [0.15, 0.2) is 20.0 Å². The molecule has 4 heterocycles.